The van der Waals surface area contributed by atoms with Crippen molar-refractivity contribution in [3.63, 3.8) is 0 Å². The normalized spacial score (nSPS) is 10.5. The molecule has 1 aromatic heterocycles. The van der Waals surface area contributed by atoms with Crippen LogP contribution in [0.1, 0.15) is 0 Å². The third kappa shape index (κ3) is 1.87. The minimum absolute atomic E-state index is 0.280. The Labute approximate surface area is 86.5 Å². The lowest BCUT2D eigenvalue weighted by molar-refractivity contribution is 0.595. The van der Waals surface area contributed by atoms with E-state index in [9.17, 15) is 4.39 Å². The average Bonchev–Trinajstić information content (AvgIpc) is 2.67. The Morgan fingerprint density at radius 2 is 2.13 bits per heavy atom. The molecular formula is C10H11FN4. The first kappa shape index (κ1) is 9.79. The van der Waals surface area contributed by atoms with E-state index in [-0.39, 0.29) is 5.82 Å². The molecule has 0 radical (unpaired) electrons. The van der Waals surface area contributed by atoms with Crippen LogP contribution < -0.4 is 5.73 Å². The van der Waals surface area contributed by atoms with E-state index in [2.05, 4.69) is 10.3 Å². The Kier molecular flexibility index (Phi) is 2.73. The van der Waals surface area contributed by atoms with Crippen molar-refractivity contribution in [1.29, 1.82) is 0 Å². The van der Waals surface area contributed by atoms with E-state index in [0.29, 0.717) is 24.3 Å². The summed E-state index contributed by atoms with van der Waals surface area (Å²) >= 11 is 0. The first-order chi connectivity index (χ1) is 7.33. The fraction of sp³-hybridized carbons (Fsp3) is 0.200. The van der Waals surface area contributed by atoms with Crippen LogP contribution in [0.4, 0.5) is 4.39 Å². The van der Waals surface area contributed by atoms with E-state index in [1.54, 1.807) is 22.9 Å². The molecular weight excluding hydrogens is 195 g/mol. The molecule has 0 aliphatic rings. The maximum absolute atomic E-state index is 13.5. The van der Waals surface area contributed by atoms with Crippen molar-refractivity contribution in [2.75, 3.05) is 6.54 Å². The van der Waals surface area contributed by atoms with Gasteiger partial charge in [-0.15, -0.1) is 5.10 Å². The Morgan fingerprint density at radius 1 is 1.33 bits per heavy atom. The molecule has 2 rings (SSSR count). The van der Waals surface area contributed by atoms with Crippen LogP contribution in [-0.4, -0.2) is 21.5 Å². The van der Waals surface area contributed by atoms with Gasteiger partial charge in [0, 0.05) is 12.1 Å². The zero-order valence-electron chi connectivity index (χ0n) is 8.10. The molecule has 0 saturated heterocycles. The smallest absolute Gasteiger partial charge is 0.132 e. The van der Waals surface area contributed by atoms with Gasteiger partial charge in [0.2, 0.25) is 0 Å². The summed E-state index contributed by atoms with van der Waals surface area (Å²) in [5.74, 6) is -0.280. The molecule has 0 saturated carbocycles. The lowest BCUT2D eigenvalue weighted by atomic mass is 10.1. The number of aromatic nitrogens is 3. The van der Waals surface area contributed by atoms with E-state index in [1.807, 2.05) is 0 Å². The summed E-state index contributed by atoms with van der Waals surface area (Å²) in [6, 6.07) is 6.53. The fourth-order valence-corrected chi connectivity index (χ4v) is 1.42. The summed E-state index contributed by atoms with van der Waals surface area (Å²) in [5.41, 5.74) is 6.57. The summed E-state index contributed by atoms with van der Waals surface area (Å²) < 4.78 is 15.1. The summed E-state index contributed by atoms with van der Waals surface area (Å²) in [4.78, 5) is 0. The van der Waals surface area contributed by atoms with Gasteiger partial charge in [-0.2, -0.15) is 0 Å². The van der Waals surface area contributed by atoms with Crippen molar-refractivity contribution >= 4 is 0 Å². The van der Waals surface area contributed by atoms with E-state index >= 15 is 0 Å². The monoisotopic (exact) mass is 206 g/mol. The second kappa shape index (κ2) is 4.18. The van der Waals surface area contributed by atoms with Crippen molar-refractivity contribution in [1.82, 2.24) is 15.0 Å². The second-order valence-electron chi connectivity index (χ2n) is 3.11. The average molecular weight is 206 g/mol. The van der Waals surface area contributed by atoms with Gasteiger partial charge >= 0.3 is 0 Å². The molecule has 4 nitrogen and oxygen atoms in total. The minimum atomic E-state index is -0.280. The molecule has 0 aliphatic carbocycles. The number of hydrogen-bond donors (Lipinski definition) is 1. The standard InChI is InChI=1S/C10H11FN4/c11-9-4-2-1-3-8(9)10-7-13-14-15(10)6-5-12/h1-4,7H,5-6,12H2. The molecule has 5 heteroatoms. The third-order valence-electron chi connectivity index (χ3n) is 2.11. The molecule has 78 valence electrons. The molecule has 0 fully saturated rings. The molecule has 15 heavy (non-hydrogen) atoms. The molecule has 2 N–H and O–H groups in total. The molecule has 0 unspecified atom stereocenters. The highest BCUT2D eigenvalue weighted by molar-refractivity contribution is 5.58. The van der Waals surface area contributed by atoms with Gasteiger partial charge in [0.15, 0.2) is 0 Å². The quantitative estimate of drug-likeness (QED) is 0.816. The van der Waals surface area contributed by atoms with E-state index in [1.165, 1.54) is 12.3 Å². The first-order valence-corrected chi connectivity index (χ1v) is 4.66. The summed E-state index contributed by atoms with van der Waals surface area (Å²) in [6.45, 7) is 0.981. The van der Waals surface area contributed by atoms with E-state index < -0.39 is 0 Å². The SMILES string of the molecule is NCCn1nncc1-c1ccccc1F. The van der Waals surface area contributed by atoms with Crippen LogP contribution in [0.2, 0.25) is 0 Å². The molecule has 0 spiro atoms. The van der Waals surface area contributed by atoms with Crippen LogP contribution in [0, 0.1) is 5.82 Å². The van der Waals surface area contributed by atoms with Crippen molar-refractivity contribution in [2.45, 2.75) is 6.54 Å². The van der Waals surface area contributed by atoms with Crippen LogP contribution >= 0.6 is 0 Å². The van der Waals surface area contributed by atoms with Gasteiger partial charge in [-0.05, 0) is 12.1 Å². The fourth-order valence-electron chi connectivity index (χ4n) is 1.42. The topological polar surface area (TPSA) is 56.7 Å². The molecule has 0 atom stereocenters. The summed E-state index contributed by atoms with van der Waals surface area (Å²) in [6.07, 6.45) is 1.54. The van der Waals surface area contributed by atoms with Crippen LogP contribution in [-0.2, 0) is 6.54 Å². The van der Waals surface area contributed by atoms with Crippen molar-refractivity contribution in [3.05, 3.63) is 36.3 Å². The largest absolute Gasteiger partial charge is 0.329 e. The van der Waals surface area contributed by atoms with Crippen LogP contribution in [0.25, 0.3) is 11.3 Å². The van der Waals surface area contributed by atoms with Gasteiger partial charge in [-0.1, -0.05) is 17.3 Å². The summed E-state index contributed by atoms with van der Waals surface area (Å²) in [5, 5.41) is 7.59. The summed E-state index contributed by atoms with van der Waals surface area (Å²) in [7, 11) is 0. The van der Waals surface area contributed by atoms with Gasteiger partial charge < -0.3 is 5.73 Å². The van der Waals surface area contributed by atoms with Crippen LogP contribution in [0.15, 0.2) is 30.5 Å². The Balaban J connectivity index is 2.45. The highest BCUT2D eigenvalue weighted by Crippen LogP contribution is 2.20. The zero-order chi connectivity index (χ0) is 10.7. The molecule has 0 amide bonds. The minimum Gasteiger partial charge on any atom is -0.329 e. The second-order valence-corrected chi connectivity index (χ2v) is 3.11. The zero-order valence-corrected chi connectivity index (χ0v) is 8.10. The van der Waals surface area contributed by atoms with Gasteiger partial charge in [0.1, 0.15) is 5.82 Å². The van der Waals surface area contributed by atoms with Gasteiger partial charge in [0.05, 0.1) is 18.4 Å². The van der Waals surface area contributed by atoms with Crippen LogP contribution in [0.3, 0.4) is 0 Å². The van der Waals surface area contributed by atoms with Crippen molar-refractivity contribution in [2.24, 2.45) is 5.73 Å². The van der Waals surface area contributed by atoms with Gasteiger partial charge in [0.25, 0.3) is 0 Å². The first-order valence-electron chi connectivity index (χ1n) is 4.66. The lowest BCUT2D eigenvalue weighted by Crippen LogP contribution is -2.12. The predicted molar refractivity (Wildman–Crippen MR) is 54.5 cm³/mol. The number of benzene rings is 1. The Bertz CT molecular complexity index is 452. The lowest BCUT2D eigenvalue weighted by Gasteiger charge is -2.05. The molecule has 2 aromatic rings. The molecule has 0 aliphatic heterocycles. The third-order valence-corrected chi connectivity index (χ3v) is 2.11. The maximum Gasteiger partial charge on any atom is 0.132 e. The van der Waals surface area contributed by atoms with Gasteiger partial charge in [-0.25, -0.2) is 9.07 Å². The van der Waals surface area contributed by atoms with Crippen molar-refractivity contribution < 1.29 is 4.39 Å². The predicted octanol–water partition coefficient (Wildman–Crippen LogP) is 1.04. The maximum atomic E-state index is 13.5. The Hall–Kier alpha value is -1.75. The van der Waals surface area contributed by atoms with E-state index in [0.717, 1.165) is 0 Å². The number of rotatable bonds is 3. The van der Waals surface area contributed by atoms with E-state index in [4.69, 9.17) is 5.73 Å². The number of nitrogens with zero attached hydrogens (tertiary/aromatic N) is 3. The Morgan fingerprint density at radius 3 is 2.87 bits per heavy atom. The molecule has 1 heterocycles. The number of halogens is 1. The number of nitrogens with two attached hydrogens (primary N) is 1. The molecule has 1 aromatic carbocycles. The number of hydrogen-bond acceptors (Lipinski definition) is 3. The highest BCUT2D eigenvalue weighted by Gasteiger charge is 2.09. The van der Waals surface area contributed by atoms with Crippen molar-refractivity contribution in [3.8, 4) is 11.3 Å². The highest BCUT2D eigenvalue weighted by atomic mass is 19.1. The van der Waals surface area contributed by atoms with Gasteiger partial charge in [-0.3, -0.25) is 0 Å². The van der Waals surface area contributed by atoms with Crippen LogP contribution in [0.5, 0.6) is 0 Å². The molecule has 0 bridgehead atoms.